The lowest BCUT2D eigenvalue weighted by molar-refractivity contribution is -0.140. The monoisotopic (exact) mass is 312 g/mol. The predicted octanol–water partition coefficient (Wildman–Crippen LogP) is 3.96. The lowest BCUT2D eigenvalue weighted by Gasteiger charge is -2.10. The van der Waals surface area contributed by atoms with Crippen LogP contribution in [-0.4, -0.2) is 17.9 Å². The van der Waals surface area contributed by atoms with Crippen LogP contribution in [0.5, 0.6) is 0 Å². The molecule has 0 amide bonds. The van der Waals surface area contributed by atoms with Crippen molar-refractivity contribution in [1.29, 1.82) is 0 Å². The van der Waals surface area contributed by atoms with E-state index in [1.807, 2.05) is 31.2 Å². The van der Waals surface area contributed by atoms with E-state index in [1.54, 1.807) is 6.08 Å². The zero-order chi connectivity index (χ0) is 16.8. The summed E-state index contributed by atoms with van der Waals surface area (Å²) >= 11 is 0. The summed E-state index contributed by atoms with van der Waals surface area (Å²) < 4.78 is 17.9. The molecule has 0 aromatic heterocycles. The van der Waals surface area contributed by atoms with Gasteiger partial charge in [0.05, 0.1) is 0 Å². The molecule has 0 aliphatic rings. The lowest BCUT2D eigenvalue weighted by Crippen LogP contribution is -2.23. The zero-order valence-electron chi connectivity index (χ0n) is 13.0. The van der Waals surface area contributed by atoms with Crippen molar-refractivity contribution in [2.45, 2.75) is 20.0 Å². The average molecular weight is 312 g/mol. The second-order valence-corrected chi connectivity index (χ2v) is 5.14. The van der Waals surface area contributed by atoms with E-state index in [0.29, 0.717) is 5.56 Å². The number of Topliss-reactive ketones (excluding diaryl/α,β-unsaturated/α-hetero) is 1. The lowest BCUT2D eigenvalue weighted by atomic mass is 10.1. The quantitative estimate of drug-likeness (QED) is 0.477. The Balaban J connectivity index is 1.98. The number of carbonyl (C=O) groups is 2. The summed E-state index contributed by atoms with van der Waals surface area (Å²) in [6.07, 6.45) is 2.00. The Morgan fingerprint density at radius 3 is 2.39 bits per heavy atom. The van der Waals surface area contributed by atoms with Crippen molar-refractivity contribution >= 4 is 17.8 Å². The maximum absolute atomic E-state index is 12.8. The summed E-state index contributed by atoms with van der Waals surface area (Å²) in [7, 11) is 0. The van der Waals surface area contributed by atoms with Crippen molar-refractivity contribution in [2.24, 2.45) is 0 Å². The molecule has 2 aromatic carbocycles. The molecule has 0 unspecified atom stereocenters. The van der Waals surface area contributed by atoms with Crippen molar-refractivity contribution in [1.82, 2.24) is 0 Å². The van der Waals surface area contributed by atoms with Crippen molar-refractivity contribution in [2.75, 3.05) is 0 Å². The fourth-order valence-electron chi connectivity index (χ4n) is 2.05. The van der Waals surface area contributed by atoms with Crippen LogP contribution in [0.25, 0.3) is 6.08 Å². The van der Waals surface area contributed by atoms with E-state index in [0.717, 1.165) is 11.1 Å². The number of halogens is 1. The average Bonchev–Trinajstić information content (AvgIpc) is 2.54. The Labute approximate surface area is 134 Å². The number of aryl methyl sites for hydroxylation is 1. The fraction of sp³-hybridized carbons (Fsp3) is 0.158. The van der Waals surface area contributed by atoms with Gasteiger partial charge < -0.3 is 4.74 Å². The first-order valence-electron chi connectivity index (χ1n) is 7.21. The van der Waals surface area contributed by atoms with Gasteiger partial charge in [0.15, 0.2) is 6.10 Å². The van der Waals surface area contributed by atoms with Crippen LogP contribution >= 0.6 is 0 Å². The third-order valence-corrected chi connectivity index (χ3v) is 3.38. The number of esters is 1. The van der Waals surface area contributed by atoms with E-state index in [-0.39, 0.29) is 5.78 Å². The number of benzene rings is 2. The van der Waals surface area contributed by atoms with Gasteiger partial charge >= 0.3 is 5.97 Å². The number of ether oxygens (including phenoxy) is 1. The maximum Gasteiger partial charge on any atom is 0.331 e. The molecule has 2 aromatic rings. The van der Waals surface area contributed by atoms with Crippen LogP contribution in [-0.2, 0) is 9.53 Å². The molecule has 0 spiro atoms. The van der Waals surface area contributed by atoms with Crippen molar-refractivity contribution in [3.63, 3.8) is 0 Å². The summed E-state index contributed by atoms with van der Waals surface area (Å²) in [5.74, 6) is -1.40. The molecule has 2 rings (SSSR count). The molecule has 23 heavy (non-hydrogen) atoms. The van der Waals surface area contributed by atoms with Crippen LogP contribution in [0.1, 0.15) is 28.4 Å². The summed E-state index contributed by atoms with van der Waals surface area (Å²) in [5.41, 5.74) is 2.24. The van der Waals surface area contributed by atoms with Gasteiger partial charge in [-0.2, -0.15) is 0 Å². The second-order valence-electron chi connectivity index (χ2n) is 5.14. The van der Waals surface area contributed by atoms with E-state index in [4.69, 9.17) is 4.74 Å². The van der Waals surface area contributed by atoms with Crippen LogP contribution in [0.2, 0.25) is 0 Å². The van der Waals surface area contributed by atoms with Crippen molar-refractivity contribution in [3.8, 4) is 0 Å². The van der Waals surface area contributed by atoms with Crippen LogP contribution in [0.4, 0.5) is 4.39 Å². The SMILES string of the molecule is Cc1ccccc1/C=C/C(=O)O[C@@H](C)C(=O)c1ccc(F)cc1. The number of ketones is 1. The first kappa shape index (κ1) is 16.6. The molecule has 4 heteroatoms. The molecular formula is C19H17FO3. The molecule has 0 bridgehead atoms. The van der Waals surface area contributed by atoms with Gasteiger partial charge in [0.1, 0.15) is 5.82 Å². The van der Waals surface area contributed by atoms with E-state index >= 15 is 0 Å². The summed E-state index contributed by atoms with van der Waals surface area (Å²) in [6.45, 7) is 3.43. The van der Waals surface area contributed by atoms with Gasteiger partial charge in [-0.3, -0.25) is 4.79 Å². The molecule has 0 radical (unpaired) electrons. The minimum atomic E-state index is -0.936. The smallest absolute Gasteiger partial charge is 0.331 e. The molecule has 0 saturated heterocycles. The first-order chi connectivity index (χ1) is 11.0. The van der Waals surface area contributed by atoms with Crippen LogP contribution < -0.4 is 0 Å². The van der Waals surface area contributed by atoms with E-state index < -0.39 is 17.9 Å². The summed E-state index contributed by atoms with van der Waals surface area (Å²) in [6, 6.07) is 12.7. The highest BCUT2D eigenvalue weighted by Gasteiger charge is 2.18. The van der Waals surface area contributed by atoms with Crippen molar-refractivity contribution < 1.29 is 18.7 Å². The molecule has 1 atom stereocenters. The van der Waals surface area contributed by atoms with Gasteiger partial charge in [-0.05, 0) is 55.3 Å². The highest BCUT2D eigenvalue weighted by molar-refractivity contribution is 6.01. The molecule has 0 saturated carbocycles. The van der Waals surface area contributed by atoms with Gasteiger partial charge in [0.2, 0.25) is 5.78 Å². The van der Waals surface area contributed by atoms with E-state index in [2.05, 4.69) is 0 Å². The van der Waals surface area contributed by atoms with E-state index in [1.165, 1.54) is 37.3 Å². The Morgan fingerprint density at radius 1 is 1.09 bits per heavy atom. The van der Waals surface area contributed by atoms with Gasteiger partial charge in [-0.25, -0.2) is 9.18 Å². The molecule has 0 fully saturated rings. The Morgan fingerprint density at radius 2 is 1.74 bits per heavy atom. The fourth-order valence-corrected chi connectivity index (χ4v) is 2.05. The number of carbonyl (C=O) groups excluding carboxylic acids is 2. The van der Waals surface area contributed by atoms with Gasteiger partial charge in [-0.15, -0.1) is 0 Å². The second kappa shape index (κ2) is 7.49. The molecule has 0 heterocycles. The van der Waals surface area contributed by atoms with E-state index in [9.17, 15) is 14.0 Å². The first-order valence-corrected chi connectivity index (χ1v) is 7.21. The minimum Gasteiger partial charge on any atom is -0.451 e. The third-order valence-electron chi connectivity index (χ3n) is 3.38. The van der Waals surface area contributed by atoms with Gasteiger partial charge in [0, 0.05) is 11.6 Å². The van der Waals surface area contributed by atoms with Crippen molar-refractivity contribution in [3.05, 3.63) is 77.1 Å². The number of hydrogen-bond acceptors (Lipinski definition) is 3. The molecule has 0 aliphatic heterocycles. The highest BCUT2D eigenvalue weighted by atomic mass is 19.1. The highest BCUT2D eigenvalue weighted by Crippen LogP contribution is 2.11. The van der Waals surface area contributed by atoms with Crippen LogP contribution in [0.3, 0.4) is 0 Å². The van der Waals surface area contributed by atoms with Gasteiger partial charge in [-0.1, -0.05) is 24.3 Å². The normalized spacial score (nSPS) is 12.1. The zero-order valence-corrected chi connectivity index (χ0v) is 13.0. The summed E-state index contributed by atoms with van der Waals surface area (Å²) in [4.78, 5) is 23.9. The molecule has 0 aliphatic carbocycles. The Bertz CT molecular complexity index is 733. The molecular weight excluding hydrogens is 295 g/mol. The summed E-state index contributed by atoms with van der Waals surface area (Å²) in [5, 5.41) is 0. The molecule has 118 valence electrons. The maximum atomic E-state index is 12.8. The predicted molar refractivity (Wildman–Crippen MR) is 86.5 cm³/mol. The van der Waals surface area contributed by atoms with Crippen LogP contribution in [0.15, 0.2) is 54.6 Å². The van der Waals surface area contributed by atoms with Gasteiger partial charge in [0.25, 0.3) is 0 Å². The largest absolute Gasteiger partial charge is 0.451 e. The number of hydrogen-bond donors (Lipinski definition) is 0. The standard InChI is InChI=1S/C19H17FO3/c1-13-5-3-4-6-15(13)9-12-18(21)23-14(2)19(22)16-7-10-17(20)11-8-16/h3-12,14H,1-2H3/b12-9+/t14-/m0/s1. The molecule has 3 nitrogen and oxygen atoms in total. The topological polar surface area (TPSA) is 43.4 Å². The number of rotatable bonds is 5. The third kappa shape index (κ3) is 4.61. The molecule has 0 N–H and O–H groups in total. The van der Waals surface area contributed by atoms with Crippen LogP contribution in [0, 0.1) is 12.7 Å². The minimum absolute atomic E-state index is 0.301. The Hall–Kier alpha value is -2.75. The Kier molecular flexibility index (Phi) is 5.41.